The molecule has 0 aliphatic rings. The molecular weight excluding hydrogens is 984 g/mol. The lowest BCUT2D eigenvalue weighted by Crippen LogP contribution is -2.10. The van der Waals surface area contributed by atoms with Crippen molar-refractivity contribution < 1.29 is 14.2 Å². The molecule has 0 fully saturated rings. The summed E-state index contributed by atoms with van der Waals surface area (Å²) in [6.07, 6.45) is 6.54. The summed E-state index contributed by atoms with van der Waals surface area (Å²) in [7, 11) is 3.54. The summed E-state index contributed by atoms with van der Waals surface area (Å²) in [5.41, 5.74) is 12.1. The average Bonchev–Trinajstić information content (AvgIpc) is 4.31. The number of rotatable bonds is 15. The minimum Gasteiger partial charge on any atom is -0.472 e. The number of aryl methyl sites for hydroxylation is 2. The van der Waals surface area contributed by atoms with Crippen molar-refractivity contribution in [1.82, 2.24) is 89.4 Å². The van der Waals surface area contributed by atoms with Crippen molar-refractivity contribution in [3.05, 3.63) is 181 Å². The molecule has 22 heteroatoms. The molecule has 21 nitrogen and oxygen atoms in total. The van der Waals surface area contributed by atoms with Crippen LogP contribution < -0.4 is 14.2 Å². The number of nitrogens with one attached hydrogen (secondary N) is 1. The van der Waals surface area contributed by atoms with Gasteiger partial charge in [0.05, 0.1) is 55.4 Å². The summed E-state index contributed by atoms with van der Waals surface area (Å²) in [4.78, 5) is 36.0. The Balaban J connectivity index is 0.750. The molecule has 0 bridgehead atoms. The van der Waals surface area contributed by atoms with E-state index in [-0.39, 0.29) is 19.8 Å². The average molecular weight is 1020 g/mol. The van der Waals surface area contributed by atoms with E-state index in [1.54, 1.807) is 46.5 Å². The van der Waals surface area contributed by atoms with Crippen molar-refractivity contribution in [2.24, 2.45) is 14.1 Å². The minimum atomic E-state index is 0.145. The van der Waals surface area contributed by atoms with Crippen LogP contribution in [0.3, 0.4) is 0 Å². The Labute approximate surface area is 435 Å². The fraction of sp³-hybridized carbons (Fsp3) is 0.0926. The number of aromatic amines is 1. The van der Waals surface area contributed by atoms with Crippen molar-refractivity contribution in [3.8, 4) is 74.4 Å². The van der Waals surface area contributed by atoms with Gasteiger partial charge in [-0.3, -0.25) is 9.55 Å². The van der Waals surface area contributed by atoms with E-state index in [1.165, 1.54) is 6.33 Å². The summed E-state index contributed by atoms with van der Waals surface area (Å²) in [5.74, 6) is 2.56. The summed E-state index contributed by atoms with van der Waals surface area (Å²) < 4.78 is 25.7. The Morgan fingerprint density at radius 2 is 1.33 bits per heavy atom. The molecule has 0 saturated heterocycles. The fourth-order valence-electron chi connectivity index (χ4n) is 9.05. The lowest BCUT2D eigenvalue weighted by atomic mass is 9.99. The summed E-state index contributed by atoms with van der Waals surface area (Å²) in [6, 6.07) is 43.8. The van der Waals surface area contributed by atoms with Gasteiger partial charge in [-0.1, -0.05) is 82.5 Å². The van der Waals surface area contributed by atoms with Crippen LogP contribution in [0.5, 0.6) is 17.8 Å². The Morgan fingerprint density at radius 1 is 0.566 bits per heavy atom. The van der Waals surface area contributed by atoms with Gasteiger partial charge in [0.25, 0.3) is 11.9 Å². The summed E-state index contributed by atoms with van der Waals surface area (Å²) in [6.45, 7) is 0.462. The van der Waals surface area contributed by atoms with E-state index in [4.69, 9.17) is 45.7 Å². The van der Waals surface area contributed by atoms with E-state index in [1.807, 2.05) is 114 Å². The van der Waals surface area contributed by atoms with Crippen molar-refractivity contribution in [3.63, 3.8) is 0 Å². The molecule has 13 rings (SSSR count). The molecule has 9 heterocycles. The number of ether oxygens (including phenoxy) is 3. The standard InChI is InChI=1S/C54H39ClN18O3/c1-70-52(64-66-68-70)72-46-21-18-34(25-44(46)61-47(72)30-74-48-15-5-6-22-57-48)36-16-19-37(58-26-36)28-75-51-49(50-40(55)27-56-31-59-50)39-24-33(17-20-42(39)62-51)32-9-7-10-35(23-32)41-13-8-11-38(60-41)29-76-54-63-43-12-3-4-14-45(43)73(54)53-65-67-69-71(53)2/h3-27,31,62H,28-30H2,1-2H3. The van der Waals surface area contributed by atoms with E-state index in [2.05, 4.69) is 75.3 Å². The Kier molecular flexibility index (Phi) is 11.6. The second-order valence-corrected chi connectivity index (χ2v) is 17.9. The van der Waals surface area contributed by atoms with Gasteiger partial charge in [-0.05, 0) is 104 Å². The van der Waals surface area contributed by atoms with Gasteiger partial charge in [0.1, 0.15) is 26.1 Å². The third-order valence-electron chi connectivity index (χ3n) is 12.7. The number of tetrazole rings is 2. The molecule has 76 heavy (non-hydrogen) atoms. The molecule has 0 aliphatic heterocycles. The van der Waals surface area contributed by atoms with Crippen LogP contribution in [0.4, 0.5) is 0 Å². The van der Waals surface area contributed by atoms with E-state index < -0.39 is 0 Å². The van der Waals surface area contributed by atoms with Gasteiger partial charge in [0.15, 0.2) is 5.82 Å². The van der Waals surface area contributed by atoms with Crippen LogP contribution in [0.1, 0.15) is 17.2 Å². The number of nitrogens with zero attached hydrogens (tertiary/aromatic N) is 17. The van der Waals surface area contributed by atoms with Crippen LogP contribution in [0.25, 0.3) is 89.6 Å². The van der Waals surface area contributed by atoms with Gasteiger partial charge < -0.3 is 19.2 Å². The van der Waals surface area contributed by atoms with Crippen LogP contribution in [0.2, 0.25) is 5.02 Å². The van der Waals surface area contributed by atoms with Gasteiger partial charge in [0.2, 0.25) is 11.8 Å². The maximum Gasteiger partial charge on any atom is 0.305 e. The van der Waals surface area contributed by atoms with E-state index in [9.17, 15) is 0 Å². The Bertz CT molecular complexity index is 4260. The number of halogens is 1. The predicted octanol–water partition coefficient (Wildman–Crippen LogP) is 8.93. The van der Waals surface area contributed by atoms with Crippen molar-refractivity contribution in [2.45, 2.75) is 19.8 Å². The number of pyridine rings is 3. The number of aromatic nitrogens is 18. The van der Waals surface area contributed by atoms with E-state index >= 15 is 0 Å². The number of hydrogen-bond acceptors (Lipinski definition) is 16. The fourth-order valence-corrected chi connectivity index (χ4v) is 9.25. The van der Waals surface area contributed by atoms with Crippen molar-refractivity contribution >= 4 is 44.6 Å². The molecule has 0 unspecified atom stereocenters. The number of para-hydroxylation sites is 2. The van der Waals surface area contributed by atoms with E-state index in [0.29, 0.717) is 57.5 Å². The van der Waals surface area contributed by atoms with Crippen LogP contribution in [-0.2, 0) is 33.9 Å². The molecule has 370 valence electrons. The number of fused-ring (bicyclic) bond motifs is 3. The molecule has 9 aromatic heterocycles. The minimum absolute atomic E-state index is 0.145. The molecule has 1 N–H and O–H groups in total. The van der Waals surface area contributed by atoms with Crippen LogP contribution in [0.15, 0.2) is 158 Å². The SMILES string of the molecule is Cn1nnnc1-n1c(COc2ccccn2)nc2cc(-c3ccc(COc4[nH]c5ccc(-c6cccc(-c7cccc(COc8nc9ccccc9n8-c8nnnn8C)n7)c6)cc5c4-c4ncncc4Cl)nc3)ccc21. The first-order chi connectivity index (χ1) is 37.4. The highest BCUT2D eigenvalue weighted by Gasteiger charge is 2.23. The van der Waals surface area contributed by atoms with Crippen LogP contribution in [0, 0.1) is 0 Å². The van der Waals surface area contributed by atoms with Crippen molar-refractivity contribution in [2.75, 3.05) is 0 Å². The van der Waals surface area contributed by atoms with Gasteiger partial charge in [-0.15, -0.1) is 0 Å². The molecule has 0 saturated carbocycles. The zero-order chi connectivity index (χ0) is 51.1. The number of H-pyrrole nitrogens is 1. The third kappa shape index (κ3) is 8.60. The molecule has 0 atom stereocenters. The topological polar surface area (TPSA) is 231 Å². The maximum absolute atomic E-state index is 6.81. The molecular formula is C54H39ClN18O3. The normalized spacial score (nSPS) is 11.5. The maximum atomic E-state index is 6.81. The molecule has 0 spiro atoms. The Morgan fingerprint density at radius 3 is 2.14 bits per heavy atom. The molecule has 0 aliphatic carbocycles. The molecule has 0 amide bonds. The second-order valence-electron chi connectivity index (χ2n) is 17.5. The number of imidazole rings is 2. The van der Waals surface area contributed by atoms with Gasteiger partial charge in [0, 0.05) is 60.8 Å². The number of benzene rings is 4. The zero-order valence-electron chi connectivity index (χ0n) is 40.3. The number of hydrogen-bond donors (Lipinski definition) is 1. The highest BCUT2D eigenvalue weighted by Crippen LogP contribution is 2.41. The highest BCUT2D eigenvalue weighted by atomic mass is 35.5. The van der Waals surface area contributed by atoms with Crippen LogP contribution >= 0.6 is 11.6 Å². The first-order valence-electron chi connectivity index (χ1n) is 23.8. The van der Waals surface area contributed by atoms with Gasteiger partial charge >= 0.3 is 6.01 Å². The molecule has 0 radical (unpaired) electrons. The molecule has 4 aromatic carbocycles. The van der Waals surface area contributed by atoms with E-state index in [0.717, 1.165) is 72.2 Å². The second kappa shape index (κ2) is 19.3. The lowest BCUT2D eigenvalue weighted by Gasteiger charge is -2.10. The van der Waals surface area contributed by atoms with Gasteiger partial charge in [-0.25, -0.2) is 38.9 Å². The molecule has 13 aromatic rings. The Hall–Kier alpha value is -10.3. The van der Waals surface area contributed by atoms with Crippen LogP contribution in [-0.4, -0.2) is 89.4 Å². The monoisotopic (exact) mass is 1020 g/mol. The van der Waals surface area contributed by atoms with Crippen molar-refractivity contribution in [1.29, 1.82) is 0 Å². The summed E-state index contributed by atoms with van der Waals surface area (Å²) >= 11 is 6.81. The quantitative estimate of drug-likeness (QED) is 0.101. The highest BCUT2D eigenvalue weighted by molar-refractivity contribution is 6.33. The zero-order valence-corrected chi connectivity index (χ0v) is 41.1. The largest absolute Gasteiger partial charge is 0.472 e. The first-order valence-corrected chi connectivity index (χ1v) is 24.1. The smallest absolute Gasteiger partial charge is 0.305 e. The predicted molar refractivity (Wildman–Crippen MR) is 280 cm³/mol. The van der Waals surface area contributed by atoms with Gasteiger partial charge in [-0.2, -0.15) is 4.98 Å². The third-order valence-corrected chi connectivity index (χ3v) is 13.0. The first kappa shape index (κ1) is 45.6. The summed E-state index contributed by atoms with van der Waals surface area (Å²) in [5, 5.41) is 25.4. The lowest BCUT2D eigenvalue weighted by molar-refractivity contribution is 0.272.